The molecule has 8 heteroatoms. The van der Waals surface area contributed by atoms with Crippen LogP contribution in [0.25, 0.3) is 0 Å². The summed E-state index contributed by atoms with van der Waals surface area (Å²) in [5.74, 6) is 1.06. The summed E-state index contributed by atoms with van der Waals surface area (Å²) < 4.78 is 7.14. The molecule has 0 unspecified atom stereocenters. The number of carbonyl (C=O) groups is 1. The number of likely N-dealkylation sites (tertiary alicyclic amines) is 1. The van der Waals surface area contributed by atoms with Crippen LogP contribution < -0.4 is 5.32 Å². The molecular formula is C17H26N6O2. The first kappa shape index (κ1) is 17.6. The normalized spacial score (nSPS) is 16.2. The Hall–Kier alpha value is -2.22. The molecule has 8 nitrogen and oxygen atoms in total. The molecule has 0 aromatic carbocycles. The van der Waals surface area contributed by atoms with Crippen molar-refractivity contribution in [1.82, 2.24) is 30.1 Å². The number of amides is 1. The molecule has 0 bridgehead atoms. The van der Waals surface area contributed by atoms with E-state index >= 15 is 0 Å². The second-order valence-corrected chi connectivity index (χ2v) is 6.61. The Morgan fingerprint density at radius 1 is 1.28 bits per heavy atom. The maximum absolute atomic E-state index is 12.4. The summed E-state index contributed by atoms with van der Waals surface area (Å²) in [6.45, 7) is 8.53. The third-order valence-corrected chi connectivity index (χ3v) is 4.89. The van der Waals surface area contributed by atoms with Crippen LogP contribution in [0.5, 0.6) is 0 Å². The number of nitrogens with one attached hydrogen (secondary N) is 1. The van der Waals surface area contributed by atoms with E-state index in [0.717, 1.165) is 44.7 Å². The molecule has 3 heterocycles. The number of hydrogen-bond acceptors (Lipinski definition) is 6. The lowest BCUT2D eigenvalue weighted by molar-refractivity contribution is 0.0933. The van der Waals surface area contributed by atoms with Crippen LogP contribution in [0, 0.1) is 12.8 Å². The topological polar surface area (TPSA) is 89.1 Å². The number of hydrogen-bond donors (Lipinski definition) is 1. The van der Waals surface area contributed by atoms with Gasteiger partial charge in [-0.25, -0.2) is 0 Å². The van der Waals surface area contributed by atoms with Gasteiger partial charge in [-0.2, -0.15) is 0 Å². The smallest absolute Gasteiger partial charge is 0.256 e. The minimum absolute atomic E-state index is 0.0642. The van der Waals surface area contributed by atoms with Gasteiger partial charge >= 0.3 is 0 Å². The van der Waals surface area contributed by atoms with Gasteiger partial charge in [0.1, 0.15) is 24.0 Å². The zero-order valence-corrected chi connectivity index (χ0v) is 14.9. The van der Waals surface area contributed by atoms with E-state index in [2.05, 4.69) is 25.6 Å². The monoisotopic (exact) mass is 346 g/mol. The Balaban J connectivity index is 1.40. The molecular weight excluding hydrogens is 320 g/mol. The summed E-state index contributed by atoms with van der Waals surface area (Å²) in [4.78, 5) is 14.9. The van der Waals surface area contributed by atoms with Gasteiger partial charge in [0.2, 0.25) is 0 Å². The van der Waals surface area contributed by atoms with Crippen LogP contribution in [0.3, 0.4) is 0 Å². The first-order valence-corrected chi connectivity index (χ1v) is 8.95. The lowest BCUT2D eigenvalue weighted by atomic mass is 9.96. The second kappa shape index (κ2) is 8.24. The van der Waals surface area contributed by atoms with Gasteiger partial charge < -0.3 is 19.3 Å². The molecule has 1 aliphatic heterocycles. The first-order chi connectivity index (χ1) is 12.2. The molecule has 3 rings (SSSR count). The van der Waals surface area contributed by atoms with Crippen molar-refractivity contribution in [3.05, 3.63) is 29.7 Å². The van der Waals surface area contributed by atoms with E-state index in [0.29, 0.717) is 30.2 Å². The lowest BCUT2D eigenvalue weighted by Gasteiger charge is -2.32. The standard InChI is InChI=1S/C17H26N6O2/c1-3-15-16(13(2)25-21-15)17(24)18-10-14-4-6-22(7-5-14)8-9-23-11-19-20-12-23/h11-12,14H,3-10H2,1-2H3,(H,18,24). The number of nitrogens with zero attached hydrogens (tertiary/aromatic N) is 5. The van der Waals surface area contributed by atoms with Crippen LogP contribution in [-0.4, -0.2) is 56.9 Å². The molecule has 0 aliphatic carbocycles. The minimum atomic E-state index is -0.0642. The molecule has 2 aromatic rings. The van der Waals surface area contributed by atoms with Crippen molar-refractivity contribution in [1.29, 1.82) is 0 Å². The van der Waals surface area contributed by atoms with Gasteiger partial charge in [0.05, 0.1) is 5.69 Å². The van der Waals surface area contributed by atoms with Crippen LogP contribution in [0.2, 0.25) is 0 Å². The van der Waals surface area contributed by atoms with Crippen LogP contribution in [0.1, 0.15) is 41.6 Å². The molecule has 1 fully saturated rings. The molecule has 0 spiro atoms. The molecule has 0 atom stereocenters. The van der Waals surface area contributed by atoms with Crippen molar-refractivity contribution in [3.8, 4) is 0 Å². The number of aryl methyl sites for hydroxylation is 2. The highest BCUT2D eigenvalue weighted by Crippen LogP contribution is 2.18. The summed E-state index contributed by atoms with van der Waals surface area (Å²) in [6.07, 6.45) is 6.40. The predicted octanol–water partition coefficient (Wildman–Crippen LogP) is 1.28. The van der Waals surface area contributed by atoms with Gasteiger partial charge in [0, 0.05) is 19.6 Å². The molecule has 0 radical (unpaired) electrons. The highest BCUT2D eigenvalue weighted by atomic mass is 16.5. The van der Waals surface area contributed by atoms with Gasteiger partial charge in [-0.1, -0.05) is 12.1 Å². The van der Waals surface area contributed by atoms with Crippen LogP contribution in [-0.2, 0) is 13.0 Å². The lowest BCUT2D eigenvalue weighted by Crippen LogP contribution is -2.40. The summed E-state index contributed by atoms with van der Waals surface area (Å²) >= 11 is 0. The highest BCUT2D eigenvalue weighted by molar-refractivity contribution is 5.96. The fourth-order valence-corrected chi connectivity index (χ4v) is 3.28. The van der Waals surface area contributed by atoms with Crippen molar-refractivity contribution in [2.75, 3.05) is 26.2 Å². The Morgan fingerprint density at radius 3 is 2.68 bits per heavy atom. The van der Waals surface area contributed by atoms with Crippen molar-refractivity contribution in [3.63, 3.8) is 0 Å². The molecule has 1 aliphatic rings. The van der Waals surface area contributed by atoms with Crippen molar-refractivity contribution < 1.29 is 9.32 Å². The molecule has 0 saturated carbocycles. The summed E-state index contributed by atoms with van der Waals surface area (Å²) in [6, 6.07) is 0. The highest BCUT2D eigenvalue weighted by Gasteiger charge is 2.22. The second-order valence-electron chi connectivity index (χ2n) is 6.61. The molecule has 1 N–H and O–H groups in total. The minimum Gasteiger partial charge on any atom is -0.361 e. The maximum atomic E-state index is 12.4. The number of piperidine rings is 1. The summed E-state index contributed by atoms with van der Waals surface area (Å²) in [5, 5.41) is 14.7. The molecule has 25 heavy (non-hydrogen) atoms. The average molecular weight is 346 g/mol. The van der Waals surface area contributed by atoms with Gasteiger partial charge in [-0.15, -0.1) is 10.2 Å². The SMILES string of the molecule is CCc1noc(C)c1C(=O)NCC1CCN(CCn2cnnc2)CC1. The molecule has 1 amide bonds. The maximum Gasteiger partial charge on any atom is 0.256 e. The fraction of sp³-hybridized carbons (Fsp3) is 0.647. The van der Waals surface area contributed by atoms with E-state index < -0.39 is 0 Å². The van der Waals surface area contributed by atoms with Crippen molar-refractivity contribution >= 4 is 5.91 Å². The van der Waals surface area contributed by atoms with E-state index in [9.17, 15) is 4.79 Å². The third-order valence-electron chi connectivity index (χ3n) is 4.89. The summed E-state index contributed by atoms with van der Waals surface area (Å²) in [7, 11) is 0. The molecule has 2 aromatic heterocycles. The van der Waals surface area contributed by atoms with Gasteiger partial charge in [0.15, 0.2) is 0 Å². The Bertz CT molecular complexity index is 673. The van der Waals surface area contributed by atoms with E-state index in [1.165, 1.54) is 0 Å². The third kappa shape index (κ3) is 4.45. The Labute approximate surface area is 147 Å². The predicted molar refractivity (Wildman–Crippen MR) is 92.1 cm³/mol. The molecule has 136 valence electrons. The van der Waals surface area contributed by atoms with Crippen LogP contribution >= 0.6 is 0 Å². The van der Waals surface area contributed by atoms with Gasteiger partial charge in [0.25, 0.3) is 5.91 Å². The van der Waals surface area contributed by atoms with Gasteiger partial charge in [-0.05, 0) is 45.2 Å². The Morgan fingerprint density at radius 2 is 2.00 bits per heavy atom. The molecule has 1 saturated heterocycles. The van der Waals surface area contributed by atoms with Crippen LogP contribution in [0.4, 0.5) is 0 Å². The van der Waals surface area contributed by atoms with Crippen molar-refractivity contribution in [2.24, 2.45) is 5.92 Å². The number of aromatic nitrogens is 4. The van der Waals surface area contributed by atoms with E-state index in [4.69, 9.17) is 4.52 Å². The van der Waals surface area contributed by atoms with Gasteiger partial charge in [-0.3, -0.25) is 4.79 Å². The first-order valence-electron chi connectivity index (χ1n) is 8.95. The quantitative estimate of drug-likeness (QED) is 0.812. The Kier molecular flexibility index (Phi) is 5.80. The fourth-order valence-electron chi connectivity index (χ4n) is 3.28. The number of carbonyl (C=O) groups excluding carboxylic acids is 1. The van der Waals surface area contributed by atoms with E-state index in [-0.39, 0.29) is 5.91 Å². The van der Waals surface area contributed by atoms with E-state index in [1.54, 1.807) is 19.6 Å². The van der Waals surface area contributed by atoms with Crippen molar-refractivity contribution in [2.45, 2.75) is 39.7 Å². The van der Waals surface area contributed by atoms with E-state index in [1.807, 2.05) is 11.5 Å². The average Bonchev–Trinajstić information content (AvgIpc) is 3.28. The summed E-state index contributed by atoms with van der Waals surface area (Å²) in [5.41, 5.74) is 1.34. The van der Waals surface area contributed by atoms with Crippen LogP contribution in [0.15, 0.2) is 17.2 Å². The zero-order chi connectivity index (χ0) is 17.6. The zero-order valence-electron chi connectivity index (χ0n) is 14.9. The number of rotatable bonds is 7. The largest absolute Gasteiger partial charge is 0.361 e.